The molecule has 1 saturated carbocycles. The van der Waals surface area contributed by atoms with Gasteiger partial charge in [-0.3, -0.25) is 4.79 Å². The Labute approximate surface area is 122 Å². The minimum absolute atomic E-state index is 0.0389. The lowest BCUT2D eigenvalue weighted by atomic mass is 9.73. The molecule has 1 aliphatic carbocycles. The quantitative estimate of drug-likeness (QED) is 0.882. The molecule has 0 aliphatic heterocycles. The number of benzene rings is 1. The topological polar surface area (TPSA) is 41.1 Å². The number of nitrogens with one attached hydrogen (secondary N) is 2. The maximum Gasteiger partial charge on any atom is 0.238 e. The average Bonchev–Trinajstić information content (AvgIpc) is 2.37. The van der Waals surface area contributed by atoms with Crippen LogP contribution in [0.4, 0.5) is 5.69 Å². The van der Waals surface area contributed by atoms with Crippen LogP contribution in [0.3, 0.4) is 0 Å². The van der Waals surface area contributed by atoms with Crippen molar-refractivity contribution in [3.05, 3.63) is 29.8 Å². The van der Waals surface area contributed by atoms with Crippen LogP contribution in [0.2, 0.25) is 0 Å². The van der Waals surface area contributed by atoms with E-state index in [1.54, 1.807) is 0 Å². The monoisotopic (exact) mass is 274 g/mol. The van der Waals surface area contributed by atoms with E-state index in [2.05, 4.69) is 24.5 Å². The van der Waals surface area contributed by atoms with Crippen molar-refractivity contribution >= 4 is 11.6 Å². The molecule has 20 heavy (non-hydrogen) atoms. The fraction of sp³-hybridized carbons (Fsp3) is 0.588. The predicted octanol–water partition coefficient (Wildman–Crippen LogP) is 3.49. The largest absolute Gasteiger partial charge is 0.325 e. The van der Waals surface area contributed by atoms with Crippen LogP contribution in [0, 0.1) is 12.3 Å². The minimum Gasteiger partial charge on any atom is -0.325 e. The zero-order chi connectivity index (χ0) is 14.6. The highest BCUT2D eigenvalue weighted by Gasteiger charge is 2.31. The number of carbonyl (C=O) groups excluding carboxylic acids is 1. The van der Waals surface area contributed by atoms with Gasteiger partial charge in [-0.05, 0) is 42.9 Å². The van der Waals surface area contributed by atoms with Crippen molar-refractivity contribution in [2.75, 3.05) is 11.9 Å². The maximum absolute atomic E-state index is 12.0. The standard InChI is InChI=1S/C17H26N2O/c1-13-7-6-8-14(11-13)19-16(20)12-18-15-9-4-5-10-17(15,2)3/h6-8,11,15,18H,4-5,9-10,12H2,1-3H3,(H,19,20). The Kier molecular flexibility index (Phi) is 4.81. The van der Waals surface area contributed by atoms with Gasteiger partial charge in [0.2, 0.25) is 5.91 Å². The average molecular weight is 274 g/mol. The fourth-order valence-electron chi connectivity index (χ4n) is 3.02. The Bertz CT molecular complexity index is 468. The molecule has 1 amide bonds. The first kappa shape index (κ1) is 15.0. The van der Waals surface area contributed by atoms with Crippen molar-refractivity contribution in [2.24, 2.45) is 5.41 Å². The molecule has 1 fully saturated rings. The van der Waals surface area contributed by atoms with Gasteiger partial charge in [0.1, 0.15) is 0 Å². The maximum atomic E-state index is 12.0. The number of aryl methyl sites for hydroxylation is 1. The Hall–Kier alpha value is -1.35. The molecule has 2 rings (SSSR count). The number of hydrogen-bond donors (Lipinski definition) is 2. The SMILES string of the molecule is Cc1cccc(NC(=O)CNC2CCCCC2(C)C)c1. The zero-order valence-corrected chi connectivity index (χ0v) is 12.8. The van der Waals surface area contributed by atoms with Crippen LogP contribution in [0.5, 0.6) is 0 Å². The van der Waals surface area contributed by atoms with E-state index in [0.717, 1.165) is 11.3 Å². The van der Waals surface area contributed by atoms with Gasteiger partial charge >= 0.3 is 0 Å². The van der Waals surface area contributed by atoms with E-state index in [-0.39, 0.29) is 5.91 Å². The third-order valence-electron chi connectivity index (χ3n) is 4.32. The molecule has 2 N–H and O–H groups in total. The molecule has 1 unspecified atom stereocenters. The lowest BCUT2D eigenvalue weighted by Gasteiger charge is -2.39. The molecule has 0 spiro atoms. The summed E-state index contributed by atoms with van der Waals surface area (Å²) in [6, 6.07) is 8.35. The Morgan fingerprint density at radius 3 is 2.85 bits per heavy atom. The van der Waals surface area contributed by atoms with Crippen LogP contribution in [0.1, 0.15) is 45.1 Å². The summed E-state index contributed by atoms with van der Waals surface area (Å²) in [6.45, 7) is 7.01. The normalized spacial score (nSPS) is 21.4. The third-order valence-corrected chi connectivity index (χ3v) is 4.32. The van der Waals surface area contributed by atoms with Gasteiger partial charge in [-0.25, -0.2) is 0 Å². The molecule has 0 aromatic heterocycles. The fourth-order valence-corrected chi connectivity index (χ4v) is 3.02. The molecule has 0 heterocycles. The number of amides is 1. The van der Waals surface area contributed by atoms with Crippen LogP contribution in [0.25, 0.3) is 0 Å². The molecule has 0 radical (unpaired) electrons. The summed E-state index contributed by atoms with van der Waals surface area (Å²) in [6.07, 6.45) is 4.98. The van der Waals surface area contributed by atoms with E-state index in [0.29, 0.717) is 18.0 Å². The second-order valence-corrected chi connectivity index (χ2v) is 6.59. The van der Waals surface area contributed by atoms with Gasteiger partial charge in [-0.15, -0.1) is 0 Å². The number of anilines is 1. The van der Waals surface area contributed by atoms with Crippen LogP contribution in [-0.2, 0) is 4.79 Å². The van der Waals surface area contributed by atoms with E-state index < -0.39 is 0 Å². The summed E-state index contributed by atoms with van der Waals surface area (Å²) in [5, 5.41) is 6.38. The Balaban J connectivity index is 1.83. The molecule has 3 nitrogen and oxygen atoms in total. The molecular formula is C17H26N2O. The minimum atomic E-state index is 0.0389. The van der Waals surface area contributed by atoms with Gasteiger partial charge in [0.15, 0.2) is 0 Å². The second-order valence-electron chi connectivity index (χ2n) is 6.59. The summed E-state index contributed by atoms with van der Waals surface area (Å²) >= 11 is 0. The van der Waals surface area contributed by atoms with Crippen molar-refractivity contribution in [2.45, 2.75) is 52.5 Å². The predicted molar refractivity (Wildman–Crippen MR) is 83.8 cm³/mol. The molecular weight excluding hydrogens is 248 g/mol. The molecule has 1 atom stereocenters. The number of rotatable bonds is 4. The van der Waals surface area contributed by atoms with Gasteiger partial charge in [0.05, 0.1) is 6.54 Å². The second kappa shape index (κ2) is 6.40. The van der Waals surface area contributed by atoms with E-state index in [1.165, 1.54) is 25.7 Å². The molecule has 1 aromatic carbocycles. The summed E-state index contributed by atoms with van der Waals surface area (Å²) in [5.41, 5.74) is 2.32. The Morgan fingerprint density at radius 2 is 2.15 bits per heavy atom. The van der Waals surface area contributed by atoms with E-state index in [1.807, 2.05) is 31.2 Å². The molecule has 1 aliphatic rings. The van der Waals surface area contributed by atoms with Gasteiger partial charge < -0.3 is 10.6 Å². The summed E-state index contributed by atoms with van der Waals surface area (Å²) in [4.78, 5) is 12.0. The van der Waals surface area contributed by atoms with Crippen molar-refractivity contribution in [1.82, 2.24) is 5.32 Å². The first-order valence-electron chi connectivity index (χ1n) is 7.57. The molecule has 110 valence electrons. The van der Waals surface area contributed by atoms with Crippen molar-refractivity contribution in [3.8, 4) is 0 Å². The van der Waals surface area contributed by atoms with Gasteiger partial charge in [-0.2, -0.15) is 0 Å². The molecule has 0 bridgehead atoms. The highest BCUT2D eigenvalue weighted by Crippen LogP contribution is 2.35. The third kappa shape index (κ3) is 4.07. The van der Waals surface area contributed by atoms with E-state index in [4.69, 9.17) is 0 Å². The molecule has 0 saturated heterocycles. The Morgan fingerprint density at radius 1 is 1.35 bits per heavy atom. The zero-order valence-electron chi connectivity index (χ0n) is 12.8. The summed E-state index contributed by atoms with van der Waals surface area (Å²) in [7, 11) is 0. The van der Waals surface area contributed by atoms with Gasteiger partial charge in [0.25, 0.3) is 0 Å². The lowest BCUT2D eigenvalue weighted by molar-refractivity contribution is -0.115. The van der Waals surface area contributed by atoms with Gasteiger partial charge in [0, 0.05) is 11.7 Å². The lowest BCUT2D eigenvalue weighted by Crippen LogP contribution is -2.46. The van der Waals surface area contributed by atoms with Crippen molar-refractivity contribution in [3.63, 3.8) is 0 Å². The van der Waals surface area contributed by atoms with Crippen molar-refractivity contribution < 1.29 is 4.79 Å². The van der Waals surface area contributed by atoms with Crippen LogP contribution < -0.4 is 10.6 Å². The molecule has 1 aromatic rings. The highest BCUT2D eigenvalue weighted by molar-refractivity contribution is 5.92. The van der Waals surface area contributed by atoms with Crippen LogP contribution in [0.15, 0.2) is 24.3 Å². The van der Waals surface area contributed by atoms with Crippen LogP contribution in [-0.4, -0.2) is 18.5 Å². The number of hydrogen-bond acceptors (Lipinski definition) is 2. The van der Waals surface area contributed by atoms with Crippen LogP contribution >= 0.6 is 0 Å². The van der Waals surface area contributed by atoms with E-state index >= 15 is 0 Å². The smallest absolute Gasteiger partial charge is 0.238 e. The summed E-state index contributed by atoms with van der Waals surface area (Å²) in [5.74, 6) is 0.0389. The first-order valence-corrected chi connectivity index (χ1v) is 7.57. The number of carbonyl (C=O) groups is 1. The van der Waals surface area contributed by atoms with Gasteiger partial charge in [-0.1, -0.05) is 38.8 Å². The highest BCUT2D eigenvalue weighted by atomic mass is 16.1. The van der Waals surface area contributed by atoms with Crippen molar-refractivity contribution in [1.29, 1.82) is 0 Å². The molecule has 3 heteroatoms. The first-order chi connectivity index (χ1) is 9.47. The summed E-state index contributed by atoms with van der Waals surface area (Å²) < 4.78 is 0. The van der Waals surface area contributed by atoms with E-state index in [9.17, 15) is 4.79 Å².